The van der Waals surface area contributed by atoms with E-state index in [-0.39, 0.29) is 23.9 Å². The molecule has 1 saturated heterocycles. The summed E-state index contributed by atoms with van der Waals surface area (Å²) in [4.78, 5) is 14.4. The SMILES string of the molecule is CCCO[C@H](c1ccc(C#N)cc1)[C@H](c1ccc(F)cc1)N1CCCC1=O. The lowest BCUT2D eigenvalue weighted by atomic mass is 9.93. The summed E-state index contributed by atoms with van der Waals surface area (Å²) in [5, 5.41) is 9.06. The van der Waals surface area contributed by atoms with Crippen LogP contribution in [0.15, 0.2) is 48.5 Å². The lowest BCUT2D eigenvalue weighted by Gasteiger charge is -2.35. The van der Waals surface area contributed by atoms with Gasteiger partial charge in [0, 0.05) is 19.6 Å². The Morgan fingerprint density at radius 2 is 1.81 bits per heavy atom. The number of hydrogen-bond acceptors (Lipinski definition) is 3. The molecule has 140 valence electrons. The van der Waals surface area contributed by atoms with Crippen LogP contribution in [0.4, 0.5) is 4.39 Å². The summed E-state index contributed by atoms with van der Waals surface area (Å²) < 4.78 is 19.7. The second-order valence-electron chi connectivity index (χ2n) is 6.71. The quantitative estimate of drug-likeness (QED) is 0.723. The van der Waals surface area contributed by atoms with Crippen LogP contribution in [0.2, 0.25) is 0 Å². The van der Waals surface area contributed by atoms with E-state index in [1.54, 1.807) is 24.3 Å². The van der Waals surface area contributed by atoms with Gasteiger partial charge in [0.1, 0.15) is 11.9 Å². The van der Waals surface area contributed by atoms with Crippen molar-refractivity contribution in [3.8, 4) is 6.07 Å². The van der Waals surface area contributed by atoms with E-state index in [0.29, 0.717) is 25.1 Å². The molecule has 0 radical (unpaired) electrons. The van der Waals surface area contributed by atoms with E-state index in [9.17, 15) is 9.18 Å². The molecule has 0 unspecified atom stereocenters. The Morgan fingerprint density at radius 1 is 1.15 bits per heavy atom. The zero-order valence-corrected chi connectivity index (χ0v) is 15.4. The first-order valence-electron chi connectivity index (χ1n) is 9.30. The minimum atomic E-state index is -0.384. The molecule has 5 heteroatoms. The summed E-state index contributed by atoms with van der Waals surface area (Å²) in [5.74, 6) is -0.224. The van der Waals surface area contributed by atoms with Crippen molar-refractivity contribution in [1.29, 1.82) is 5.26 Å². The Hall–Kier alpha value is -2.71. The van der Waals surface area contributed by atoms with Gasteiger partial charge in [0.25, 0.3) is 0 Å². The van der Waals surface area contributed by atoms with E-state index < -0.39 is 0 Å². The van der Waals surface area contributed by atoms with Crippen molar-refractivity contribution in [3.05, 3.63) is 71.0 Å². The number of ether oxygens (including phenoxy) is 1. The van der Waals surface area contributed by atoms with E-state index in [1.165, 1.54) is 12.1 Å². The van der Waals surface area contributed by atoms with E-state index in [1.807, 2.05) is 24.0 Å². The summed E-state index contributed by atoms with van der Waals surface area (Å²) in [6, 6.07) is 15.3. The van der Waals surface area contributed by atoms with E-state index in [0.717, 1.165) is 24.0 Å². The second-order valence-corrected chi connectivity index (χ2v) is 6.71. The number of benzene rings is 2. The standard InChI is InChI=1S/C22H23FN2O2/c1-2-14-27-22(18-7-5-16(15-24)6-8-18)21(25-13-3-4-20(25)26)17-9-11-19(23)12-10-17/h5-12,21-22H,2-4,13-14H2,1H3/t21-,22+/m0/s1. The molecule has 0 bridgehead atoms. The van der Waals surface area contributed by atoms with Crippen LogP contribution in [0.25, 0.3) is 0 Å². The number of hydrogen-bond donors (Lipinski definition) is 0. The number of nitriles is 1. The van der Waals surface area contributed by atoms with Gasteiger partial charge in [-0.15, -0.1) is 0 Å². The molecule has 1 heterocycles. The lowest BCUT2D eigenvalue weighted by Crippen LogP contribution is -2.35. The van der Waals surface area contributed by atoms with Crippen LogP contribution in [0.1, 0.15) is 55.0 Å². The third kappa shape index (κ3) is 4.35. The van der Waals surface area contributed by atoms with Gasteiger partial charge in [-0.3, -0.25) is 4.79 Å². The van der Waals surface area contributed by atoms with Crippen molar-refractivity contribution in [2.75, 3.05) is 13.2 Å². The van der Waals surface area contributed by atoms with Crippen molar-refractivity contribution in [1.82, 2.24) is 4.90 Å². The Morgan fingerprint density at radius 3 is 2.37 bits per heavy atom. The zero-order valence-electron chi connectivity index (χ0n) is 15.4. The van der Waals surface area contributed by atoms with Gasteiger partial charge in [-0.25, -0.2) is 4.39 Å². The normalized spacial score (nSPS) is 16.2. The summed E-state index contributed by atoms with van der Waals surface area (Å²) in [5.41, 5.74) is 2.32. The highest BCUT2D eigenvalue weighted by Gasteiger charge is 2.36. The molecule has 1 aliphatic heterocycles. The van der Waals surface area contributed by atoms with Crippen LogP contribution < -0.4 is 0 Å². The van der Waals surface area contributed by atoms with Crippen LogP contribution in [-0.4, -0.2) is 24.0 Å². The van der Waals surface area contributed by atoms with Gasteiger partial charge in [-0.2, -0.15) is 5.26 Å². The molecule has 2 aromatic rings. The molecule has 27 heavy (non-hydrogen) atoms. The predicted molar refractivity (Wildman–Crippen MR) is 100 cm³/mol. The summed E-state index contributed by atoms with van der Waals surface area (Å²) in [6.07, 6.45) is 1.79. The van der Waals surface area contributed by atoms with Crippen LogP contribution in [-0.2, 0) is 9.53 Å². The first-order valence-corrected chi connectivity index (χ1v) is 9.30. The van der Waals surface area contributed by atoms with Crippen LogP contribution in [0, 0.1) is 17.1 Å². The van der Waals surface area contributed by atoms with Crippen LogP contribution in [0.5, 0.6) is 0 Å². The smallest absolute Gasteiger partial charge is 0.223 e. The number of carbonyl (C=O) groups is 1. The van der Waals surface area contributed by atoms with Crippen molar-refractivity contribution in [2.24, 2.45) is 0 Å². The molecule has 0 N–H and O–H groups in total. The highest BCUT2D eigenvalue weighted by Crippen LogP contribution is 2.39. The molecule has 2 aromatic carbocycles. The lowest BCUT2D eigenvalue weighted by molar-refractivity contribution is -0.133. The molecule has 1 aliphatic rings. The van der Waals surface area contributed by atoms with Gasteiger partial charge in [0.15, 0.2) is 0 Å². The highest BCUT2D eigenvalue weighted by atomic mass is 19.1. The van der Waals surface area contributed by atoms with Gasteiger partial charge in [-0.05, 0) is 48.2 Å². The maximum atomic E-state index is 13.5. The molecule has 4 nitrogen and oxygen atoms in total. The monoisotopic (exact) mass is 366 g/mol. The fourth-order valence-corrected chi connectivity index (χ4v) is 3.50. The average molecular weight is 366 g/mol. The Bertz CT molecular complexity index is 812. The van der Waals surface area contributed by atoms with Gasteiger partial charge < -0.3 is 9.64 Å². The van der Waals surface area contributed by atoms with Gasteiger partial charge in [-0.1, -0.05) is 31.2 Å². The summed E-state index contributed by atoms with van der Waals surface area (Å²) in [6.45, 7) is 3.23. The van der Waals surface area contributed by atoms with Crippen molar-refractivity contribution < 1.29 is 13.9 Å². The van der Waals surface area contributed by atoms with Crippen LogP contribution in [0.3, 0.4) is 0 Å². The fourth-order valence-electron chi connectivity index (χ4n) is 3.50. The molecule has 0 spiro atoms. The van der Waals surface area contributed by atoms with E-state index in [2.05, 4.69) is 6.07 Å². The number of nitrogens with zero attached hydrogens (tertiary/aromatic N) is 2. The number of likely N-dealkylation sites (tertiary alicyclic amines) is 1. The Labute approximate surface area is 159 Å². The first-order chi connectivity index (χ1) is 13.1. The molecule has 3 rings (SSSR count). The summed E-state index contributed by atoms with van der Waals surface area (Å²) >= 11 is 0. The largest absolute Gasteiger partial charge is 0.371 e. The van der Waals surface area contributed by atoms with Gasteiger partial charge >= 0.3 is 0 Å². The summed E-state index contributed by atoms with van der Waals surface area (Å²) in [7, 11) is 0. The van der Waals surface area contributed by atoms with Crippen molar-refractivity contribution in [2.45, 2.75) is 38.3 Å². The first kappa shape index (κ1) is 19.1. The van der Waals surface area contributed by atoms with E-state index >= 15 is 0 Å². The van der Waals surface area contributed by atoms with Gasteiger partial charge in [0.2, 0.25) is 5.91 Å². The van der Waals surface area contributed by atoms with Crippen molar-refractivity contribution in [3.63, 3.8) is 0 Å². The fraction of sp³-hybridized carbons (Fsp3) is 0.364. The zero-order chi connectivity index (χ0) is 19.2. The average Bonchev–Trinajstić information content (AvgIpc) is 3.12. The molecular weight excluding hydrogens is 343 g/mol. The second kappa shape index (κ2) is 8.79. The van der Waals surface area contributed by atoms with Crippen molar-refractivity contribution >= 4 is 5.91 Å². The third-order valence-corrected chi connectivity index (χ3v) is 4.81. The minimum Gasteiger partial charge on any atom is -0.371 e. The molecule has 0 aromatic heterocycles. The Kier molecular flexibility index (Phi) is 6.20. The minimum absolute atomic E-state index is 0.0862. The number of carbonyl (C=O) groups excluding carboxylic acids is 1. The topological polar surface area (TPSA) is 53.3 Å². The molecule has 0 saturated carbocycles. The highest BCUT2D eigenvalue weighted by molar-refractivity contribution is 5.78. The maximum Gasteiger partial charge on any atom is 0.223 e. The third-order valence-electron chi connectivity index (χ3n) is 4.81. The number of rotatable bonds is 7. The van der Waals surface area contributed by atoms with E-state index in [4.69, 9.17) is 10.00 Å². The maximum absolute atomic E-state index is 13.5. The number of amides is 1. The number of halogens is 1. The molecule has 1 amide bonds. The predicted octanol–water partition coefficient (Wildman–Crippen LogP) is 4.53. The Balaban J connectivity index is 2.04. The molecular formula is C22H23FN2O2. The van der Waals surface area contributed by atoms with Crippen LogP contribution >= 0.6 is 0 Å². The molecule has 0 aliphatic carbocycles. The molecule has 2 atom stereocenters. The molecule has 1 fully saturated rings. The van der Waals surface area contributed by atoms with Gasteiger partial charge in [0.05, 0.1) is 17.7 Å².